The quantitative estimate of drug-likeness (QED) is 0.834. The van der Waals surface area contributed by atoms with Gasteiger partial charge >= 0.3 is 0 Å². The van der Waals surface area contributed by atoms with Gasteiger partial charge in [-0.1, -0.05) is 25.1 Å². The lowest BCUT2D eigenvalue weighted by molar-refractivity contribution is 0.281. The molecule has 1 atom stereocenters. The van der Waals surface area contributed by atoms with Crippen molar-refractivity contribution in [3.05, 3.63) is 53.1 Å². The maximum absolute atomic E-state index is 9.52. The molecule has 1 aromatic heterocycles. The van der Waals surface area contributed by atoms with Gasteiger partial charge in [-0.25, -0.2) is 4.98 Å². The highest BCUT2D eigenvalue weighted by atomic mass is 16.3. The Bertz CT molecular complexity index is 532. The lowest BCUT2D eigenvalue weighted by Gasteiger charge is -2.15. The van der Waals surface area contributed by atoms with E-state index in [-0.39, 0.29) is 5.92 Å². The molecule has 0 spiro atoms. The Hall–Kier alpha value is -1.61. The van der Waals surface area contributed by atoms with Crippen LogP contribution >= 0.6 is 0 Å². The zero-order valence-corrected chi connectivity index (χ0v) is 9.36. The first kappa shape index (κ1) is 8.53. The molecule has 84 valence electrons. The third-order valence-corrected chi connectivity index (χ3v) is 2.95. The maximum Gasteiger partial charge on any atom is 0.0921 e. The molecular weight excluding hydrogens is 202 g/mol. The van der Waals surface area contributed by atoms with Crippen molar-refractivity contribution in [3.63, 3.8) is 0 Å². The predicted octanol–water partition coefficient (Wildman–Crippen LogP) is 2.36. The summed E-state index contributed by atoms with van der Waals surface area (Å²) in [5, 5.41) is 9.52. The molecule has 2 N–H and O–H groups in total. The van der Waals surface area contributed by atoms with Gasteiger partial charge in [0.2, 0.25) is 0 Å². The average Bonchev–Trinajstić information content (AvgIpc) is 2.80. The van der Waals surface area contributed by atoms with Gasteiger partial charge in [-0.05, 0) is 23.6 Å². The number of hydrogen-bond donors (Lipinski definition) is 2. The van der Waals surface area contributed by atoms with E-state index in [0.717, 1.165) is 16.8 Å². The van der Waals surface area contributed by atoms with Crippen molar-refractivity contribution in [2.24, 2.45) is 0 Å². The average molecular weight is 220 g/mol. The first-order valence-electron chi connectivity index (χ1n) is 6.22. The molecule has 2 aromatic rings. The van der Waals surface area contributed by atoms with E-state index in [0.29, 0.717) is 5.56 Å². The van der Waals surface area contributed by atoms with Gasteiger partial charge in [0.1, 0.15) is 0 Å². The SMILES string of the molecule is [2H]C([2H])(O)c1cccc(C(C)c2c[15n]c[15nH]2)c1C. The molecule has 0 saturated carbocycles. The van der Waals surface area contributed by atoms with Crippen LogP contribution in [0.3, 0.4) is 0 Å². The molecule has 0 aliphatic heterocycles. The Kier molecular flexibility index (Phi) is 2.40. The molecule has 2 rings (SSSR count). The molecule has 0 aliphatic carbocycles. The monoisotopic (exact) mass is 220 g/mol. The smallest absolute Gasteiger partial charge is 0.0921 e. The van der Waals surface area contributed by atoms with Crippen LogP contribution in [0.15, 0.2) is 30.7 Å². The van der Waals surface area contributed by atoms with E-state index < -0.39 is 6.56 Å². The van der Waals surface area contributed by atoms with Crippen molar-refractivity contribution in [2.75, 3.05) is 0 Å². The van der Waals surface area contributed by atoms with E-state index in [1.54, 1.807) is 24.7 Å². The van der Waals surface area contributed by atoms with Crippen molar-refractivity contribution in [3.8, 4) is 0 Å². The van der Waals surface area contributed by atoms with Gasteiger partial charge in [-0.2, -0.15) is 0 Å². The minimum absolute atomic E-state index is 0.0785. The van der Waals surface area contributed by atoms with Crippen molar-refractivity contribution in [1.29, 1.82) is 0 Å². The van der Waals surface area contributed by atoms with Crippen LogP contribution in [-0.4, -0.2) is 15.1 Å². The van der Waals surface area contributed by atoms with E-state index >= 15 is 0 Å². The fourth-order valence-corrected chi connectivity index (χ4v) is 1.91. The molecule has 3 heteroatoms. The van der Waals surface area contributed by atoms with Gasteiger partial charge in [-0.3, -0.25) is 0 Å². The Morgan fingerprint density at radius 2 is 2.38 bits per heavy atom. The second kappa shape index (κ2) is 4.49. The first-order chi connectivity index (χ1) is 8.41. The van der Waals surface area contributed by atoms with Gasteiger partial charge in [0.15, 0.2) is 0 Å². The van der Waals surface area contributed by atoms with Crippen LogP contribution < -0.4 is 0 Å². The number of nitrogens with one attached hydrogen (secondary N) is 1. The number of nitrogens with zero attached hydrogens (tertiary/aromatic N) is 1. The number of aliphatic hydroxyl groups is 1. The highest BCUT2D eigenvalue weighted by Crippen LogP contribution is 2.26. The van der Waals surface area contributed by atoms with Crippen molar-refractivity contribution < 1.29 is 7.85 Å². The summed E-state index contributed by atoms with van der Waals surface area (Å²) in [6.07, 6.45) is 3.38. The Morgan fingerprint density at radius 3 is 3.00 bits per heavy atom. The molecule has 0 bridgehead atoms. The summed E-state index contributed by atoms with van der Waals surface area (Å²) in [6.45, 7) is 1.53. The second-order valence-corrected chi connectivity index (χ2v) is 3.86. The molecule has 3 nitrogen and oxygen atoms in total. The molecule has 1 heterocycles. The van der Waals surface area contributed by atoms with E-state index in [2.05, 4.69) is 9.97 Å². The van der Waals surface area contributed by atoms with E-state index in [1.807, 2.05) is 19.9 Å². The Morgan fingerprint density at radius 1 is 1.56 bits per heavy atom. The van der Waals surface area contributed by atoms with Crippen LogP contribution in [0.5, 0.6) is 0 Å². The largest absolute Gasteiger partial charge is 0.392 e. The summed E-state index contributed by atoms with van der Waals surface area (Å²) < 4.78 is 14.9. The van der Waals surface area contributed by atoms with Gasteiger partial charge in [0.05, 0.1) is 15.6 Å². The van der Waals surface area contributed by atoms with Crippen LogP contribution in [0.4, 0.5) is 0 Å². The summed E-state index contributed by atoms with van der Waals surface area (Å²) in [7, 11) is 0. The van der Waals surface area contributed by atoms with Gasteiger partial charge in [-0.15, -0.1) is 0 Å². The normalized spacial score (nSPS) is 15.4. The molecular formula is C13H16N2O. The standard InChI is InChI=1S/C13H16N2O/c1-9-11(7-16)4-3-5-12(9)10(2)13-6-14-8-15-13/h3-6,8,10,16H,7H2,1-2H3,(H,14,15)/i7D2,14+1,15+1. The van der Waals surface area contributed by atoms with E-state index in [9.17, 15) is 5.11 Å². The van der Waals surface area contributed by atoms with Gasteiger partial charge in [0, 0.05) is 17.8 Å². The summed E-state index contributed by atoms with van der Waals surface area (Å²) in [5.41, 5.74) is 3.03. The predicted molar refractivity (Wildman–Crippen MR) is 63.2 cm³/mol. The molecule has 1 aromatic carbocycles. The molecule has 0 radical (unpaired) electrons. The molecule has 0 saturated heterocycles. The number of rotatable bonds is 3. The molecule has 1 unspecified atom stereocenters. The second-order valence-electron chi connectivity index (χ2n) is 3.86. The highest BCUT2D eigenvalue weighted by Gasteiger charge is 2.13. The Balaban J connectivity index is 2.47. The molecule has 0 aliphatic rings. The van der Waals surface area contributed by atoms with Crippen LogP contribution in [0.2, 0.25) is 0 Å². The fourth-order valence-electron chi connectivity index (χ4n) is 1.91. The topological polar surface area (TPSA) is 48.9 Å². The third-order valence-electron chi connectivity index (χ3n) is 2.95. The minimum Gasteiger partial charge on any atom is -0.392 e. The number of imidazole rings is 1. The number of aromatic amines is 1. The van der Waals surface area contributed by atoms with E-state index in [1.165, 1.54) is 0 Å². The number of hydrogen-bond acceptors (Lipinski definition) is 2. The lowest BCUT2D eigenvalue weighted by Crippen LogP contribution is -2.02. The van der Waals surface area contributed by atoms with Crippen molar-refractivity contribution in [1.82, 2.24) is 9.97 Å². The summed E-state index contributed by atoms with van der Waals surface area (Å²) in [6, 6.07) is 5.31. The summed E-state index contributed by atoms with van der Waals surface area (Å²) >= 11 is 0. The lowest BCUT2D eigenvalue weighted by atomic mass is 9.92. The maximum atomic E-state index is 9.52. The highest BCUT2D eigenvalue weighted by molar-refractivity contribution is 5.38. The zero-order valence-electron chi connectivity index (χ0n) is 11.4. The minimum atomic E-state index is -2.31. The first-order valence-corrected chi connectivity index (χ1v) is 5.22. The number of H-pyrrole nitrogens is 1. The molecule has 0 fully saturated rings. The Labute approximate surface area is 98.0 Å². The number of aromatic nitrogens is 2. The summed E-state index contributed by atoms with van der Waals surface area (Å²) in [4.78, 5) is 7.04. The van der Waals surface area contributed by atoms with Crippen LogP contribution in [0.1, 0.15) is 38.0 Å². The van der Waals surface area contributed by atoms with Gasteiger partial charge < -0.3 is 10.1 Å². The van der Waals surface area contributed by atoms with E-state index in [4.69, 9.17) is 2.74 Å². The van der Waals surface area contributed by atoms with Crippen LogP contribution in [0.25, 0.3) is 0 Å². The molecule has 16 heavy (non-hydrogen) atoms. The number of benzene rings is 1. The van der Waals surface area contributed by atoms with Gasteiger partial charge in [0.25, 0.3) is 0 Å². The fraction of sp³-hybridized carbons (Fsp3) is 0.308. The van der Waals surface area contributed by atoms with Crippen molar-refractivity contribution in [2.45, 2.75) is 26.3 Å². The van der Waals surface area contributed by atoms with Crippen molar-refractivity contribution >= 4 is 0 Å². The van der Waals surface area contributed by atoms with Crippen LogP contribution in [-0.2, 0) is 6.56 Å². The summed E-state index contributed by atoms with van der Waals surface area (Å²) in [5.74, 6) is 0.0785. The van der Waals surface area contributed by atoms with Crippen LogP contribution in [0, 0.1) is 6.92 Å². The molecule has 0 amide bonds. The zero-order chi connectivity index (χ0) is 13.3. The third kappa shape index (κ3) is 1.86.